The van der Waals surface area contributed by atoms with Crippen molar-refractivity contribution in [3.63, 3.8) is 0 Å². The Kier molecular flexibility index (Phi) is 6.97. The molecule has 0 aliphatic carbocycles. The van der Waals surface area contributed by atoms with E-state index >= 15 is 0 Å². The van der Waals surface area contributed by atoms with E-state index in [1.165, 1.54) is 15.9 Å². The van der Waals surface area contributed by atoms with E-state index in [1.54, 1.807) is 23.1 Å². The van der Waals surface area contributed by atoms with E-state index in [-0.39, 0.29) is 24.9 Å². The molecule has 2 aromatic carbocycles. The quantitative estimate of drug-likeness (QED) is 0.391. The molecule has 10 heteroatoms. The molecule has 4 aromatic rings. The number of aromatic nitrogens is 2. The maximum atomic E-state index is 13.2. The Morgan fingerprint density at radius 1 is 1.20 bits per heavy atom. The monoisotopic (exact) mass is 510 g/mol. The van der Waals surface area contributed by atoms with E-state index in [2.05, 4.69) is 20.9 Å². The highest BCUT2D eigenvalue weighted by molar-refractivity contribution is 9.10. The highest BCUT2D eigenvalue weighted by Gasteiger charge is 2.22. The number of anilines is 1. The number of hydrogen-bond donors (Lipinski definition) is 0. The van der Waals surface area contributed by atoms with Crippen molar-refractivity contribution in [1.82, 2.24) is 14.5 Å². The van der Waals surface area contributed by atoms with Gasteiger partial charge in [-0.2, -0.15) is 0 Å². The molecule has 0 aliphatic heterocycles. The number of rotatable bonds is 6. The summed E-state index contributed by atoms with van der Waals surface area (Å²) in [6.07, 6.45) is 0. The number of nitrogens with zero attached hydrogens (tertiary/aromatic N) is 4. The third-order valence-electron chi connectivity index (χ3n) is 4.51. The number of carbonyl (C=O) groups is 1. The smallest absolute Gasteiger partial charge is 0.408 e. The van der Waals surface area contributed by atoms with Crippen LogP contribution in [0.4, 0.5) is 5.13 Å². The van der Waals surface area contributed by atoms with E-state index < -0.39 is 5.76 Å². The Morgan fingerprint density at radius 2 is 1.97 bits per heavy atom. The van der Waals surface area contributed by atoms with Gasteiger partial charge in [0.25, 0.3) is 0 Å². The molecule has 2 heterocycles. The minimum absolute atomic E-state index is 0. The molecule has 0 unspecified atom stereocenters. The molecule has 0 saturated carbocycles. The fourth-order valence-corrected chi connectivity index (χ4v) is 4.57. The van der Waals surface area contributed by atoms with E-state index in [0.29, 0.717) is 29.3 Å². The van der Waals surface area contributed by atoms with Crippen molar-refractivity contribution in [1.29, 1.82) is 0 Å². The zero-order chi connectivity index (χ0) is 20.5. The van der Waals surface area contributed by atoms with Crippen molar-refractivity contribution in [3.8, 4) is 0 Å². The lowest BCUT2D eigenvalue weighted by Crippen LogP contribution is -2.39. The van der Waals surface area contributed by atoms with Gasteiger partial charge in [0, 0.05) is 17.6 Å². The Morgan fingerprint density at radius 3 is 2.73 bits per heavy atom. The predicted molar refractivity (Wildman–Crippen MR) is 126 cm³/mol. The number of thiazole rings is 1. The van der Waals surface area contributed by atoms with Gasteiger partial charge in [-0.25, -0.2) is 9.78 Å². The van der Waals surface area contributed by atoms with Gasteiger partial charge in [0.2, 0.25) is 5.91 Å². The standard InChI is InChI=1S/C20H19BrN4O3S.ClH/c1-23(2)9-10-24(19-22-14-8-7-13(21)11-17(14)29-19)18(26)12-25-15-5-3-4-6-16(15)28-20(25)27;/h3-8,11H,9-10,12H2,1-2H3;1H. The summed E-state index contributed by atoms with van der Waals surface area (Å²) in [5.41, 5.74) is 1.91. The molecule has 1 amide bonds. The molecule has 0 saturated heterocycles. The van der Waals surface area contributed by atoms with Crippen LogP contribution in [0.2, 0.25) is 0 Å². The van der Waals surface area contributed by atoms with E-state index in [4.69, 9.17) is 4.42 Å². The average Bonchev–Trinajstić information content (AvgIpc) is 3.22. The van der Waals surface area contributed by atoms with Gasteiger partial charge in [-0.05, 0) is 44.4 Å². The van der Waals surface area contributed by atoms with Gasteiger partial charge < -0.3 is 9.32 Å². The molecule has 0 radical (unpaired) electrons. The Labute approximate surface area is 191 Å². The van der Waals surface area contributed by atoms with Crippen molar-refractivity contribution < 1.29 is 9.21 Å². The number of amides is 1. The van der Waals surface area contributed by atoms with Gasteiger partial charge in [-0.15, -0.1) is 12.4 Å². The summed E-state index contributed by atoms with van der Waals surface area (Å²) >= 11 is 4.93. The second-order valence-electron chi connectivity index (χ2n) is 6.88. The van der Waals surface area contributed by atoms with Crippen LogP contribution in [0.5, 0.6) is 0 Å². The molecule has 0 bridgehead atoms. The maximum absolute atomic E-state index is 13.2. The molecular weight excluding hydrogens is 492 g/mol. The summed E-state index contributed by atoms with van der Waals surface area (Å²) in [6.45, 7) is 1.03. The number of fused-ring (bicyclic) bond motifs is 2. The van der Waals surface area contributed by atoms with Crippen LogP contribution in [0.25, 0.3) is 21.3 Å². The van der Waals surface area contributed by atoms with Gasteiger partial charge in [0.1, 0.15) is 6.54 Å². The highest BCUT2D eigenvalue weighted by atomic mass is 79.9. The van der Waals surface area contributed by atoms with Crippen molar-refractivity contribution in [2.45, 2.75) is 6.54 Å². The summed E-state index contributed by atoms with van der Waals surface area (Å²) in [5, 5.41) is 0.616. The molecule has 0 spiro atoms. The summed E-state index contributed by atoms with van der Waals surface area (Å²) < 4.78 is 8.57. The van der Waals surface area contributed by atoms with Gasteiger partial charge in [-0.1, -0.05) is 39.4 Å². The maximum Gasteiger partial charge on any atom is 0.420 e. The first kappa shape index (κ1) is 22.5. The van der Waals surface area contributed by atoms with Crippen LogP contribution >= 0.6 is 39.7 Å². The first-order valence-corrected chi connectivity index (χ1v) is 10.6. The van der Waals surface area contributed by atoms with Crippen LogP contribution in [-0.4, -0.2) is 47.5 Å². The normalized spacial score (nSPS) is 11.2. The first-order valence-electron chi connectivity index (χ1n) is 9.02. The van der Waals surface area contributed by atoms with E-state index in [0.717, 1.165) is 14.7 Å². The minimum Gasteiger partial charge on any atom is -0.408 e. The summed E-state index contributed by atoms with van der Waals surface area (Å²) in [7, 11) is 3.90. The van der Waals surface area contributed by atoms with E-state index in [9.17, 15) is 9.59 Å². The van der Waals surface area contributed by atoms with Gasteiger partial charge >= 0.3 is 5.76 Å². The summed E-state index contributed by atoms with van der Waals surface area (Å²) in [4.78, 5) is 33.8. The van der Waals surface area contributed by atoms with Gasteiger partial charge in [0.05, 0.1) is 15.7 Å². The molecule has 0 fully saturated rings. The van der Waals surface area contributed by atoms with Crippen LogP contribution in [-0.2, 0) is 11.3 Å². The van der Waals surface area contributed by atoms with Gasteiger partial charge in [0.15, 0.2) is 10.7 Å². The molecule has 30 heavy (non-hydrogen) atoms. The molecule has 0 atom stereocenters. The van der Waals surface area contributed by atoms with Crippen molar-refractivity contribution >= 4 is 72.0 Å². The van der Waals surface area contributed by atoms with Crippen LogP contribution in [0.15, 0.2) is 56.1 Å². The molecule has 0 aliphatic rings. The Balaban J connectivity index is 0.00000256. The van der Waals surface area contributed by atoms with Crippen LogP contribution in [0.3, 0.4) is 0 Å². The minimum atomic E-state index is -0.541. The van der Waals surface area contributed by atoms with Crippen LogP contribution in [0.1, 0.15) is 0 Å². The van der Waals surface area contributed by atoms with Crippen molar-refractivity contribution in [2.24, 2.45) is 0 Å². The molecular formula is C20H20BrClN4O3S. The van der Waals surface area contributed by atoms with Crippen molar-refractivity contribution in [2.75, 3.05) is 32.1 Å². The zero-order valence-electron chi connectivity index (χ0n) is 16.4. The van der Waals surface area contributed by atoms with Gasteiger partial charge in [-0.3, -0.25) is 14.3 Å². The third kappa shape index (κ3) is 4.59. The van der Waals surface area contributed by atoms with E-state index in [1.807, 2.05) is 43.3 Å². The number of para-hydroxylation sites is 2. The number of oxazole rings is 1. The number of benzene rings is 2. The number of likely N-dealkylation sites (N-methyl/N-ethyl adjacent to an activating group) is 1. The molecule has 2 aromatic heterocycles. The SMILES string of the molecule is CN(C)CCN(C(=O)Cn1c(=O)oc2ccccc21)c1nc2ccc(Br)cc2s1.Cl. The molecule has 0 N–H and O–H groups in total. The lowest BCUT2D eigenvalue weighted by Gasteiger charge is -2.22. The topological polar surface area (TPSA) is 71.6 Å². The fraction of sp³-hybridized carbons (Fsp3) is 0.250. The van der Waals surface area contributed by atoms with Crippen molar-refractivity contribution in [3.05, 3.63) is 57.5 Å². The molecule has 4 rings (SSSR count). The first-order chi connectivity index (χ1) is 13.9. The second-order valence-corrected chi connectivity index (χ2v) is 8.80. The average molecular weight is 512 g/mol. The number of hydrogen-bond acceptors (Lipinski definition) is 6. The number of carbonyl (C=O) groups excluding carboxylic acids is 1. The summed E-state index contributed by atoms with van der Waals surface area (Å²) in [6, 6.07) is 12.9. The zero-order valence-corrected chi connectivity index (χ0v) is 19.6. The van der Waals surface area contributed by atoms with Crippen LogP contribution in [0, 0.1) is 0 Å². The lowest BCUT2D eigenvalue weighted by atomic mass is 10.3. The second kappa shape index (κ2) is 9.30. The Bertz CT molecular complexity index is 1250. The van der Waals surface area contributed by atoms with Crippen LogP contribution < -0.4 is 10.7 Å². The predicted octanol–water partition coefficient (Wildman–Crippen LogP) is 3.98. The molecule has 158 valence electrons. The largest absolute Gasteiger partial charge is 0.420 e. The Hall–Kier alpha value is -2.20. The molecule has 7 nitrogen and oxygen atoms in total. The summed E-state index contributed by atoms with van der Waals surface area (Å²) in [5.74, 6) is -0.751. The third-order valence-corrected chi connectivity index (χ3v) is 6.04. The lowest BCUT2D eigenvalue weighted by molar-refractivity contribution is -0.119. The fourth-order valence-electron chi connectivity index (χ4n) is 3.01. The number of halogens is 2. The highest BCUT2D eigenvalue weighted by Crippen LogP contribution is 2.31.